The van der Waals surface area contributed by atoms with Crippen LogP contribution in [-0.4, -0.2) is 18.6 Å². The Labute approximate surface area is 111 Å². The van der Waals surface area contributed by atoms with Gasteiger partial charge in [-0.25, -0.2) is 8.42 Å². The molecule has 0 aliphatic carbocycles. The minimum Gasteiger partial charge on any atom is -0.280 e. The second-order valence-corrected chi connectivity index (χ2v) is 7.67. The molecular formula is C9H10BrN3O2S2. The van der Waals surface area contributed by atoms with Crippen molar-refractivity contribution in [2.24, 2.45) is 0 Å². The molecule has 2 N–H and O–H groups in total. The average molecular weight is 336 g/mol. The number of rotatable bonds is 4. The van der Waals surface area contributed by atoms with Crippen LogP contribution in [-0.2, 0) is 16.4 Å². The standard InChI is InChI=1S/C9H10BrN3O2S2/c1-2-6-5-8(12-11-6)13-17(14,15)9-4-3-7(10)16-9/h3-5H,2H2,1H3,(H2,11,12,13). The maximum Gasteiger partial charge on any atom is 0.272 e. The zero-order valence-electron chi connectivity index (χ0n) is 8.90. The number of halogens is 1. The van der Waals surface area contributed by atoms with Gasteiger partial charge in [0.1, 0.15) is 4.21 Å². The second-order valence-electron chi connectivity index (χ2n) is 3.30. The van der Waals surface area contributed by atoms with Crippen LogP contribution in [0.3, 0.4) is 0 Å². The van der Waals surface area contributed by atoms with E-state index in [9.17, 15) is 8.42 Å². The molecule has 0 aliphatic heterocycles. The first-order chi connectivity index (χ1) is 8.01. The van der Waals surface area contributed by atoms with E-state index in [1.165, 1.54) is 0 Å². The molecule has 0 saturated heterocycles. The number of nitrogens with zero attached hydrogens (tertiary/aromatic N) is 1. The quantitative estimate of drug-likeness (QED) is 0.901. The molecule has 0 unspecified atom stereocenters. The summed E-state index contributed by atoms with van der Waals surface area (Å²) >= 11 is 4.38. The predicted molar refractivity (Wildman–Crippen MR) is 70.8 cm³/mol. The number of sulfonamides is 1. The Bertz CT molecular complexity index is 618. The summed E-state index contributed by atoms with van der Waals surface area (Å²) in [5, 5.41) is 6.63. The molecule has 0 aliphatic rings. The van der Waals surface area contributed by atoms with Crippen LogP contribution in [0.1, 0.15) is 12.6 Å². The van der Waals surface area contributed by atoms with Gasteiger partial charge in [-0.05, 0) is 34.5 Å². The van der Waals surface area contributed by atoms with Gasteiger partial charge < -0.3 is 0 Å². The van der Waals surface area contributed by atoms with Crippen LogP contribution < -0.4 is 4.72 Å². The predicted octanol–water partition coefficient (Wildman–Crippen LogP) is 2.60. The minimum atomic E-state index is -3.53. The maximum atomic E-state index is 11.9. The summed E-state index contributed by atoms with van der Waals surface area (Å²) in [5.41, 5.74) is 0.884. The van der Waals surface area contributed by atoms with E-state index in [2.05, 4.69) is 30.8 Å². The Morgan fingerprint density at radius 2 is 2.29 bits per heavy atom. The summed E-state index contributed by atoms with van der Waals surface area (Å²) in [4.78, 5) is 0. The van der Waals surface area contributed by atoms with Crippen molar-refractivity contribution in [2.45, 2.75) is 17.6 Å². The van der Waals surface area contributed by atoms with Crippen molar-refractivity contribution >= 4 is 43.1 Å². The average Bonchev–Trinajstić information content (AvgIpc) is 2.86. The highest BCUT2D eigenvalue weighted by atomic mass is 79.9. The molecule has 0 radical (unpaired) electrons. The highest BCUT2D eigenvalue weighted by Gasteiger charge is 2.17. The molecular weight excluding hydrogens is 326 g/mol. The van der Waals surface area contributed by atoms with Crippen molar-refractivity contribution in [3.63, 3.8) is 0 Å². The van der Waals surface area contributed by atoms with E-state index < -0.39 is 10.0 Å². The number of H-pyrrole nitrogens is 1. The SMILES string of the molecule is CCc1cc(NS(=O)(=O)c2ccc(Br)s2)n[nH]1. The molecule has 2 aromatic rings. The number of nitrogens with one attached hydrogen (secondary N) is 2. The second kappa shape index (κ2) is 4.79. The van der Waals surface area contributed by atoms with Crippen LogP contribution in [0.15, 0.2) is 26.2 Å². The van der Waals surface area contributed by atoms with Gasteiger partial charge in [-0.1, -0.05) is 6.92 Å². The van der Waals surface area contributed by atoms with Gasteiger partial charge in [0.25, 0.3) is 10.0 Å². The summed E-state index contributed by atoms with van der Waals surface area (Å²) in [6.45, 7) is 1.96. The van der Waals surface area contributed by atoms with Gasteiger partial charge in [0.15, 0.2) is 5.82 Å². The fourth-order valence-electron chi connectivity index (χ4n) is 1.23. The molecule has 17 heavy (non-hydrogen) atoms. The maximum absolute atomic E-state index is 11.9. The monoisotopic (exact) mass is 335 g/mol. The third-order valence-corrected chi connectivity index (χ3v) is 5.53. The molecule has 0 fully saturated rings. The molecule has 2 aromatic heterocycles. The van der Waals surface area contributed by atoms with Crippen molar-refractivity contribution in [1.29, 1.82) is 0 Å². The van der Waals surface area contributed by atoms with Gasteiger partial charge in [-0.2, -0.15) is 5.10 Å². The van der Waals surface area contributed by atoms with Gasteiger partial charge in [-0.15, -0.1) is 11.3 Å². The molecule has 0 spiro atoms. The Morgan fingerprint density at radius 1 is 1.53 bits per heavy atom. The zero-order valence-corrected chi connectivity index (χ0v) is 12.1. The number of hydrogen-bond acceptors (Lipinski definition) is 4. The van der Waals surface area contributed by atoms with Crippen LogP contribution in [0, 0.1) is 0 Å². The first kappa shape index (κ1) is 12.6. The smallest absolute Gasteiger partial charge is 0.272 e. The number of aryl methyl sites for hydroxylation is 1. The lowest BCUT2D eigenvalue weighted by Crippen LogP contribution is -2.11. The molecule has 5 nitrogen and oxygen atoms in total. The fraction of sp³-hybridized carbons (Fsp3) is 0.222. The summed E-state index contributed by atoms with van der Waals surface area (Å²) in [6, 6.07) is 4.92. The van der Waals surface area contributed by atoms with Crippen molar-refractivity contribution < 1.29 is 8.42 Å². The molecule has 92 valence electrons. The van der Waals surface area contributed by atoms with Gasteiger partial charge in [0.05, 0.1) is 3.79 Å². The van der Waals surface area contributed by atoms with Crippen LogP contribution in [0.25, 0.3) is 0 Å². The topological polar surface area (TPSA) is 74.8 Å². The lowest BCUT2D eigenvalue weighted by molar-refractivity contribution is 0.603. The van der Waals surface area contributed by atoms with Crippen LogP contribution >= 0.6 is 27.3 Å². The van der Waals surface area contributed by atoms with Gasteiger partial charge in [-0.3, -0.25) is 9.82 Å². The summed E-state index contributed by atoms with van der Waals surface area (Å²) < 4.78 is 27.3. The largest absolute Gasteiger partial charge is 0.280 e. The summed E-state index contributed by atoms with van der Waals surface area (Å²) in [7, 11) is -3.53. The van der Waals surface area contributed by atoms with Gasteiger partial charge in [0, 0.05) is 11.8 Å². The first-order valence-corrected chi connectivity index (χ1v) is 7.93. The number of aromatic nitrogens is 2. The molecule has 0 bridgehead atoms. The van der Waals surface area contributed by atoms with Crippen molar-refractivity contribution in [1.82, 2.24) is 10.2 Å². The van der Waals surface area contributed by atoms with Crippen molar-refractivity contribution in [3.05, 3.63) is 27.7 Å². The van der Waals surface area contributed by atoms with E-state index in [-0.39, 0.29) is 4.21 Å². The molecule has 8 heteroatoms. The van der Waals surface area contributed by atoms with Crippen LogP contribution in [0.5, 0.6) is 0 Å². The van der Waals surface area contributed by atoms with E-state index in [4.69, 9.17) is 0 Å². The summed E-state index contributed by atoms with van der Waals surface area (Å²) in [5.74, 6) is 0.311. The normalized spacial score (nSPS) is 11.6. The molecule has 0 aromatic carbocycles. The third kappa shape index (κ3) is 2.88. The number of hydrogen-bond donors (Lipinski definition) is 2. The third-order valence-electron chi connectivity index (χ3n) is 2.06. The molecule has 0 saturated carbocycles. The first-order valence-electron chi connectivity index (χ1n) is 4.83. The number of anilines is 1. The molecule has 2 heterocycles. The lowest BCUT2D eigenvalue weighted by atomic mass is 10.3. The fourth-order valence-corrected chi connectivity index (χ4v) is 4.23. The highest BCUT2D eigenvalue weighted by molar-refractivity contribution is 9.11. The van der Waals surface area contributed by atoms with Gasteiger partial charge in [0.2, 0.25) is 0 Å². The van der Waals surface area contributed by atoms with E-state index in [1.54, 1.807) is 18.2 Å². The van der Waals surface area contributed by atoms with Crippen LogP contribution in [0.4, 0.5) is 5.82 Å². The van der Waals surface area contributed by atoms with E-state index in [0.717, 1.165) is 27.2 Å². The van der Waals surface area contributed by atoms with Gasteiger partial charge >= 0.3 is 0 Å². The van der Waals surface area contributed by atoms with Crippen molar-refractivity contribution in [2.75, 3.05) is 4.72 Å². The van der Waals surface area contributed by atoms with E-state index >= 15 is 0 Å². The number of thiophene rings is 1. The molecule has 0 amide bonds. The van der Waals surface area contributed by atoms with E-state index in [1.807, 2.05) is 6.92 Å². The number of aromatic amines is 1. The molecule has 2 rings (SSSR count). The van der Waals surface area contributed by atoms with Crippen LogP contribution in [0.2, 0.25) is 0 Å². The molecule has 0 atom stereocenters. The van der Waals surface area contributed by atoms with E-state index in [0.29, 0.717) is 5.82 Å². The Hall–Kier alpha value is -0.860. The Kier molecular flexibility index (Phi) is 3.55. The minimum absolute atomic E-state index is 0.255. The highest BCUT2D eigenvalue weighted by Crippen LogP contribution is 2.27. The Balaban J connectivity index is 2.23. The lowest BCUT2D eigenvalue weighted by Gasteiger charge is -2.01. The Morgan fingerprint density at radius 3 is 2.82 bits per heavy atom. The van der Waals surface area contributed by atoms with Crippen molar-refractivity contribution in [3.8, 4) is 0 Å². The summed E-state index contributed by atoms with van der Waals surface area (Å²) in [6.07, 6.45) is 0.777. The zero-order chi connectivity index (χ0) is 12.5.